The van der Waals surface area contributed by atoms with Crippen LogP contribution in [0.2, 0.25) is 0 Å². The van der Waals surface area contributed by atoms with Crippen molar-refractivity contribution in [3.05, 3.63) is 54.1 Å². The van der Waals surface area contributed by atoms with E-state index in [9.17, 15) is 4.79 Å². The van der Waals surface area contributed by atoms with Crippen LogP contribution in [0.3, 0.4) is 0 Å². The van der Waals surface area contributed by atoms with Crippen LogP contribution in [0.25, 0.3) is 10.2 Å². The molecule has 0 fully saturated rings. The Morgan fingerprint density at radius 3 is 2.50 bits per heavy atom. The van der Waals surface area contributed by atoms with Crippen molar-refractivity contribution in [1.82, 2.24) is 9.88 Å². The molecule has 150 valence electrons. The molecule has 28 heavy (non-hydrogen) atoms. The lowest BCUT2D eigenvalue weighted by Crippen LogP contribution is -2.33. The minimum absolute atomic E-state index is 0. The van der Waals surface area contributed by atoms with E-state index >= 15 is 0 Å². The third kappa shape index (κ3) is 5.47. The average molecular weight is 436 g/mol. The van der Waals surface area contributed by atoms with Crippen LogP contribution in [0, 0.1) is 0 Å². The maximum absolute atomic E-state index is 13.5. The fourth-order valence-corrected chi connectivity index (χ4v) is 4.66. The molecule has 0 bridgehead atoms. The van der Waals surface area contributed by atoms with Crippen LogP contribution < -0.4 is 4.90 Å². The number of carbonyl (C=O) groups is 1. The molecule has 3 aromatic rings. The molecule has 0 aliphatic rings. The maximum Gasteiger partial charge on any atom is 0.261 e. The first-order valence-corrected chi connectivity index (χ1v) is 10.9. The minimum atomic E-state index is 0. The Morgan fingerprint density at radius 2 is 1.79 bits per heavy atom. The van der Waals surface area contributed by atoms with Gasteiger partial charge in [-0.25, -0.2) is 4.98 Å². The summed E-state index contributed by atoms with van der Waals surface area (Å²) < 4.78 is 1.11. The second-order valence-electron chi connectivity index (χ2n) is 6.51. The number of amides is 1. The normalized spacial score (nSPS) is 10.9. The molecule has 0 aliphatic heterocycles. The topological polar surface area (TPSA) is 36.4 Å². The number of fused-ring (bicyclic) bond motifs is 1. The van der Waals surface area contributed by atoms with Gasteiger partial charge in [0.15, 0.2) is 5.13 Å². The Morgan fingerprint density at radius 1 is 1.07 bits per heavy atom. The summed E-state index contributed by atoms with van der Waals surface area (Å²) in [5.41, 5.74) is 1.70. The van der Waals surface area contributed by atoms with Gasteiger partial charge in [0.25, 0.3) is 5.91 Å². The molecule has 1 heterocycles. The van der Waals surface area contributed by atoms with Gasteiger partial charge in [0.2, 0.25) is 0 Å². The number of nitrogens with zero attached hydrogens (tertiary/aromatic N) is 3. The van der Waals surface area contributed by atoms with E-state index in [-0.39, 0.29) is 18.3 Å². The fraction of sp³-hybridized carbons (Fsp3) is 0.333. The highest BCUT2D eigenvalue weighted by atomic mass is 35.5. The molecule has 0 radical (unpaired) electrons. The van der Waals surface area contributed by atoms with Crippen LogP contribution in [0.5, 0.6) is 0 Å². The Balaban J connectivity index is 0.00000280. The molecule has 0 aliphatic carbocycles. The smallest absolute Gasteiger partial charge is 0.261 e. The van der Waals surface area contributed by atoms with Crippen molar-refractivity contribution in [2.75, 3.05) is 37.8 Å². The quantitative estimate of drug-likeness (QED) is 0.442. The van der Waals surface area contributed by atoms with Gasteiger partial charge in [0.05, 0.1) is 15.8 Å². The van der Waals surface area contributed by atoms with E-state index in [2.05, 4.69) is 32.0 Å². The lowest BCUT2D eigenvalue weighted by atomic mass is 10.2. The Hall–Kier alpha value is -1.60. The highest BCUT2D eigenvalue weighted by Gasteiger charge is 2.23. The number of anilines is 1. The number of hydrogen-bond acceptors (Lipinski definition) is 5. The van der Waals surface area contributed by atoms with Gasteiger partial charge in [-0.05, 0) is 57.1 Å². The lowest BCUT2D eigenvalue weighted by Gasteiger charge is -2.22. The van der Waals surface area contributed by atoms with E-state index in [0.29, 0.717) is 6.54 Å². The number of hydrogen-bond donors (Lipinski definition) is 0. The second-order valence-corrected chi connectivity index (χ2v) is 8.82. The van der Waals surface area contributed by atoms with Gasteiger partial charge < -0.3 is 4.90 Å². The summed E-state index contributed by atoms with van der Waals surface area (Å²) in [7, 11) is 4.11. The van der Waals surface area contributed by atoms with Crippen LogP contribution in [-0.4, -0.2) is 48.7 Å². The van der Waals surface area contributed by atoms with Crippen molar-refractivity contribution in [1.29, 1.82) is 0 Å². The molecule has 0 N–H and O–H groups in total. The van der Waals surface area contributed by atoms with Crippen LogP contribution in [0.1, 0.15) is 23.7 Å². The fourth-order valence-electron chi connectivity index (χ4n) is 2.87. The van der Waals surface area contributed by atoms with E-state index in [1.54, 1.807) is 23.1 Å². The van der Waals surface area contributed by atoms with Gasteiger partial charge in [-0.3, -0.25) is 9.69 Å². The number of thiazole rings is 1. The summed E-state index contributed by atoms with van der Waals surface area (Å²) in [6.07, 6.45) is 0.901. The lowest BCUT2D eigenvalue weighted by molar-refractivity contribution is 0.0983. The first-order valence-electron chi connectivity index (χ1n) is 9.14. The molecular formula is C21H26ClN3OS2. The molecule has 3 rings (SSSR count). The predicted molar refractivity (Wildman–Crippen MR) is 125 cm³/mol. The zero-order valence-corrected chi connectivity index (χ0v) is 18.9. The molecule has 4 nitrogen and oxygen atoms in total. The summed E-state index contributed by atoms with van der Waals surface area (Å²) in [6.45, 7) is 3.69. The van der Waals surface area contributed by atoms with Crippen LogP contribution >= 0.6 is 35.5 Å². The third-order valence-electron chi connectivity index (χ3n) is 4.16. The highest BCUT2D eigenvalue weighted by molar-refractivity contribution is 7.99. The number of para-hydroxylation sites is 1. The van der Waals surface area contributed by atoms with Crippen molar-refractivity contribution in [3.63, 3.8) is 0 Å². The van der Waals surface area contributed by atoms with E-state index in [4.69, 9.17) is 4.98 Å². The van der Waals surface area contributed by atoms with Crippen LogP contribution in [0.4, 0.5) is 5.13 Å². The number of benzene rings is 2. The molecule has 0 saturated heterocycles. The van der Waals surface area contributed by atoms with E-state index in [1.165, 1.54) is 0 Å². The number of rotatable bonds is 8. The van der Waals surface area contributed by atoms with Crippen LogP contribution in [0.15, 0.2) is 53.4 Å². The zero-order valence-electron chi connectivity index (χ0n) is 16.4. The highest BCUT2D eigenvalue weighted by Crippen LogP contribution is 2.31. The molecule has 1 amide bonds. The third-order valence-corrected chi connectivity index (χ3v) is 6.18. The van der Waals surface area contributed by atoms with Gasteiger partial charge in [0, 0.05) is 11.4 Å². The van der Waals surface area contributed by atoms with Crippen molar-refractivity contribution in [2.24, 2.45) is 0 Å². The number of aromatic nitrogens is 1. The minimum Gasteiger partial charge on any atom is -0.309 e. The second kappa shape index (κ2) is 10.8. The number of thioether (sulfide) groups is 1. The maximum atomic E-state index is 13.5. The molecule has 7 heteroatoms. The monoisotopic (exact) mass is 435 g/mol. The summed E-state index contributed by atoms with van der Waals surface area (Å²) in [4.78, 5) is 23.2. The number of halogens is 1. The predicted octanol–water partition coefficient (Wildman–Crippen LogP) is 5.43. The van der Waals surface area contributed by atoms with Gasteiger partial charge in [-0.15, -0.1) is 24.2 Å². The molecule has 0 atom stereocenters. The zero-order chi connectivity index (χ0) is 19.2. The number of carbonyl (C=O) groups excluding carboxylic acids is 1. The van der Waals surface area contributed by atoms with Crippen molar-refractivity contribution >= 4 is 56.8 Å². The van der Waals surface area contributed by atoms with Gasteiger partial charge in [-0.2, -0.15) is 0 Å². The molecule has 2 aromatic carbocycles. The van der Waals surface area contributed by atoms with Crippen molar-refractivity contribution in [2.45, 2.75) is 18.2 Å². The summed E-state index contributed by atoms with van der Waals surface area (Å²) in [5.74, 6) is 0.968. The summed E-state index contributed by atoms with van der Waals surface area (Å²) >= 11 is 3.28. The summed E-state index contributed by atoms with van der Waals surface area (Å²) in [6, 6.07) is 15.9. The van der Waals surface area contributed by atoms with Crippen molar-refractivity contribution < 1.29 is 4.79 Å². The average Bonchev–Trinajstić information content (AvgIpc) is 3.09. The Kier molecular flexibility index (Phi) is 8.76. The van der Waals surface area contributed by atoms with E-state index in [0.717, 1.165) is 44.5 Å². The van der Waals surface area contributed by atoms with Gasteiger partial charge in [-0.1, -0.05) is 42.5 Å². The van der Waals surface area contributed by atoms with E-state index < -0.39 is 0 Å². The SMILES string of the molecule is CCSc1ccccc1C(=O)N(CCCN(C)C)c1nc2ccccc2s1.Cl. The standard InChI is InChI=1S/C21H25N3OS2.ClH/c1-4-26-18-12-7-5-10-16(18)20(25)24(15-9-14-23(2)3)21-22-17-11-6-8-13-19(17)27-21;/h5-8,10-13H,4,9,14-15H2,1-3H3;1H. The molecule has 0 unspecified atom stereocenters. The Labute approximate surface area is 181 Å². The van der Waals surface area contributed by atoms with Crippen molar-refractivity contribution in [3.8, 4) is 0 Å². The Bertz CT molecular complexity index is 880. The first-order chi connectivity index (χ1) is 13.1. The molecule has 1 aromatic heterocycles. The summed E-state index contributed by atoms with van der Waals surface area (Å²) in [5, 5.41) is 0.774. The molecule has 0 spiro atoms. The largest absolute Gasteiger partial charge is 0.309 e. The molecule has 0 saturated carbocycles. The first kappa shape index (κ1) is 22.7. The van der Waals surface area contributed by atoms with E-state index in [1.807, 2.05) is 47.4 Å². The molecular weight excluding hydrogens is 410 g/mol. The van der Waals surface area contributed by atoms with Gasteiger partial charge in [0.1, 0.15) is 0 Å². The van der Waals surface area contributed by atoms with Crippen LogP contribution in [-0.2, 0) is 0 Å². The van der Waals surface area contributed by atoms with Gasteiger partial charge >= 0.3 is 0 Å².